The maximum absolute atomic E-state index is 12.4. The van der Waals surface area contributed by atoms with E-state index in [9.17, 15) is 4.79 Å². The highest BCUT2D eigenvalue weighted by molar-refractivity contribution is 7.10. The van der Waals surface area contributed by atoms with Crippen molar-refractivity contribution in [1.82, 2.24) is 20.0 Å². The highest BCUT2D eigenvalue weighted by Gasteiger charge is 2.24. The van der Waals surface area contributed by atoms with Crippen LogP contribution in [0, 0.1) is 0 Å². The van der Waals surface area contributed by atoms with Crippen LogP contribution in [0.15, 0.2) is 22.5 Å². The van der Waals surface area contributed by atoms with E-state index < -0.39 is 0 Å². The second-order valence-corrected chi connectivity index (χ2v) is 8.44. The van der Waals surface area contributed by atoms with Gasteiger partial charge in [-0.2, -0.15) is 0 Å². The molecule has 0 saturated carbocycles. The molecule has 150 valence electrons. The second-order valence-electron chi connectivity index (χ2n) is 7.46. The maximum atomic E-state index is 12.4. The number of likely N-dealkylation sites (tertiary alicyclic amines) is 1. The number of thiophene rings is 1. The second kappa shape index (κ2) is 10.1. The summed E-state index contributed by atoms with van der Waals surface area (Å²) in [6.07, 6.45) is 2.32. The fourth-order valence-corrected chi connectivity index (χ4v) is 4.46. The Morgan fingerprint density at radius 2 is 1.93 bits per heavy atom. The van der Waals surface area contributed by atoms with E-state index >= 15 is 0 Å². The van der Waals surface area contributed by atoms with Gasteiger partial charge in [-0.25, -0.2) is 0 Å². The minimum atomic E-state index is 0.297. The summed E-state index contributed by atoms with van der Waals surface area (Å²) in [6, 6.07) is 4.29. The summed E-state index contributed by atoms with van der Waals surface area (Å²) in [5.74, 6) is 1.75. The number of guanidine groups is 1. The van der Waals surface area contributed by atoms with Crippen LogP contribution in [0.3, 0.4) is 0 Å². The van der Waals surface area contributed by atoms with E-state index in [2.05, 4.69) is 46.5 Å². The number of hydrogen-bond donors (Lipinski definition) is 1. The number of aliphatic imine (C=N–C) groups is 1. The number of carbonyl (C=O) groups excluding carboxylic acids is 1. The molecule has 0 aromatic carbocycles. The first-order valence-electron chi connectivity index (χ1n) is 10.2. The molecular weight excluding hydrogens is 358 g/mol. The van der Waals surface area contributed by atoms with Crippen LogP contribution in [0.5, 0.6) is 0 Å². The van der Waals surface area contributed by atoms with E-state index in [0.29, 0.717) is 18.4 Å². The fourth-order valence-electron chi connectivity index (χ4n) is 3.69. The molecule has 1 aromatic heterocycles. The largest absolute Gasteiger partial charge is 0.357 e. The van der Waals surface area contributed by atoms with E-state index in [1.807, 2.05) is 4.90 Å². The molecule has 7 heteroatoms. The Hall–Kier alpha value is -1.60. The average molecular weight is 392 g/mol. The smallest absolute Gasteiger partial charge is 0.236 e. The first-order chi connectivity index (χ1) is 13.2. The minimum absolute atomic E-state index is 0.297. The summed E-state index contributed by atoms with van der Waals surface area (Å²) in [7, 11) is 0. The molecule has 0 spiro atoms. The Kier molecular flexibility index (Phi) is 7.52. The van der Waals surface area contributed by atoms with Gasteiger partial charge in [-0.1, -0.05) is 13.0 Å². The van der Waals surface area contributed by atoms with Gasteiger partial charge in [0.2, 0.25) is 5.91 Å². The van der Waals surface area contributed by atoms with Crippen LogP contribution < -0.4 is 5.32 Å². The lowest BCUT2D eigenvalue weighted by Gasteiger charge is -2.36. The van der Waals surface area contributed by atoms with E-state index in [1.54, 1.807) is 11.3 Å². The maximum Gasteiger partial charge on any atom is 0.236 e. The van der Waals surface area contributed by atoms with Gasteiger partial charge >= 0.3 is 0 Å². The Morgan fingerprint density at radius 1 is 1.19 bits per heavy atom. The first-order valence-corrected chi connectivity index (χ1v) is 11.1. The van der Waals surface area contributed by atoms with Crippen LogP contribution in [0.1, 0.15) is 37.5 Å². The van der Waals surface area contributed by atoms with Crippen molar-refractivity contribution in [2.75, 3.05) is 58.9 Å². The van der Waals surface area contributed by atoms with Crippen molar-refractivity contribution in [3.8, 4) is 0 Å². The quantitative estimate of drug-likeness (QED) is 0.596. The van der Waals surface area contributed by atoms with Gasteiger partial charge in [0, 0.05) is 56.6 Å². The number of carbonyl (C=O) groups is 1. The van der Waals surface area contributed by atoms with Gasteiger partial charge in [0.15, 0.2) is 5.96 Å². The SMILES string of the molecule is CCNC(=NCC(C)c1cccs1)N1CCN(CC(=O)N2CCCC2)CC1. The lowest BCUT2D eigenvalue weighted by molar-refractivity contribution is -0.131. The van der Waals surface area contributed by atoms with Gasteiger partial charge in [-0.3, -0.25) is 14.7 Å². The van der Waals surface area contributed by atoms with Crippen molar-refractivity contribution in [1.29, 1.82) is 0 Å². The van der Waals surface area contributed by atoms with Crippen LogP contribution in [-0.2, 0) is 4.79 Å². The molecule has 1 atom stereocenters. The summed E-state index contributed by atoms with van der Waals surface area (Å²) in [5.41, 5.74) is 0. The zero-order valence-corrected chi connectivity index (χ0v) is 17.5. The summed E-state index contributed by atoms with van der Waals surface area (Å²) in [6.45, 7) is 12.2. The minimum Gasteiger partial charge on any atom is -0.357 e. The lowest BCUT2D eigenvalue weighted by atomic mass is 10.1. The molecule has 0 bridgehead atoms. The summed E-state index contributed by atoms with van der Waals surface area (Å²) >= 11 is 1.80. The molecule has 2 saturated heterocycles. The molecule has 3 rings (SSSR count). The van der Waals surface area contributed by atoms with Crippen molar-refractivity contribution >= 4 is 23.2 Å². The monoisotopic (exact) mass is 391 g/mol. The third-order valence-electron chi connectivity index (χ3n) is 5.37. The Bertz CT molecular complexity index is 604. The molecular formula is C20H33N5OS. The molecule has 1 aromatic rings. The zero-order valence-electron chi connectivity index (χ0n) is 16.7. The van der Waals surface area contributed by atoms with E-state index in [0.717, 1.165) is 71.2 Å². The molecule has 1 unspecified atom stereocenters. The molecule has 3 heterocycles. The van der Waals surface area contributed by atoms with Crippen molar-refractivity contribution in [3.63, 3.8) is 0 Å². The molecule has 2 aliphatic rings. The van der Waals surface area contributed by atoms with Crippen LogP contribution in [0.4, 0.5) is 0 Å². The van der Waals surface area contributed by atoms with Crippen molar-refractivity contribution in [2.45, 2.75) is 32.6 Å². The molecule has 1 amide bonds. The predicted molar refractivity (Wildman–Crippen MR) is 113 cm³/mol. The van der Waals surface area contributed by atoms with Crippen molar-refractivity contribution < 1.29 is 4.79 Å². The molecule has 6 nitrogen and oxygen atoms in total. The van der Waals surface area contributed by atoms with Gasteiger partial charge in [-0.15, -0.1) is 11.3 Å². The number of piperazine rings is 1. The Morgan fingerprint density at radius 3 is 2.56 bits per heavy atom. The van der Waals surface area contributed by atoms with Gasteiger partial charge in [0.05, 0.1) is 13.1 Å². The standard InChI is InChI=1S/C20H33N5OS/c1-3-21-20(22-15-17(2)18-7-6-14-27-18)25-12-10-23(11-13-25)16-19(26)24-8-4-5-9-24/h6-7,14,17H,3-5,8-13,15-16H2,1-2H3,(H,21,22). The Balaban J connectivity index is 1.49. The topological polar surface area (TPSA) is 51.2 Å². The van der Waals surface area contributed by atoms with Crippen LogP contribution >= 0.6 is 11.3 Å². The molecule has 1 N–H and O–H groups in total. The number of amides is 1. The summed E-state index contributed by atoms with van der Waals surface area (Å²) in [4.78, 5) is 25.3. The Labute approximate surface area is 167 Å². The van der Waals surface area contributed by atoms with Crippen molar-refractivity contribution in [2.24, 2.45) is 4.99 Å². The van der Waals surface area contributed by atoms with E-state index in [4.69, 9.17) is 4.99 Å². The van der Waals surface area contributed by atoms with Crippen molar-refractivity contribution in [3.05, 3.63) is 22.4 Å². The summed E-state index contributed by atoms with van der Waals surface area (Å²) in [5, 5.41) is 5.57. The zero-order chi connectivity index (χ0) is 19.1. The fraction of sp³-hybridized carbons (Fsp3) is 0.700. The van der Waals surface area contributed by atoms with E-state index in [1.165, 1.54) is 4.88 Å². The highest BCUT2D eigenvalue weighted by atomic mass is 32.1. The predicted octanol–water partition coefficient (Wildman–Crippen LogP) is 2.06. The van der Waals surface area contributed by atoms with Gasteiger partial charge in [0.1, 0.15) is 0 Å². The molecule has 0 aliphatic carbocycles. The molecule has 2 aliphatic heterocycles. The lowest BCUT2D eigenvalue weighted by Crippen LogP contribution is -2.54. The normalized spacial score (nSPS) is 20.1. The van der Waals surface area contributed by atoms with Gasteiger partial charge in [0.25, 0.3) is 0 Å². The van der Waals surface area contributed by atoms with Crippen LogP contribution in [0.25, 0.3) is 0 Å². The third-order valence-corrected chi connectivity index (χ3v) is 6.47. The van der Waals surface area contributed by atoms with Crippen LogP contribution in [0.2, 0.25) is 0 Å². The molecule has 2 fully saturated rings. The average Bonchev–Trinajstić information content (AvgIpc) is 3.39. The van der Waals surface area contributed by atoms with Crippen LogP contribution in [-0.4, -0.2) is 85.5 Å². The number of nitrogens with zero attached hydrogens (tertiary/aromatic N) is 4. The number of rotatable bonds is 6. The number of hydrogen-bond acceptors (Lipinski definition) is 4. The molecule has 27 heavy (non-hydrogen) atoms. The highest BCUT2D eigenvalue weighted by Crippen LogP contribution is 2.20. The number of nitrogens with one attached hydrogen (secondary N) is 1. The summed E-state index contributed by atoms with van der Waals surface area (Å²) < 4.78 is 0. The molecule has 0 radical (unpaired) electrons. The van der Waals surface area contributed by atoms with E-state index in [-0.39, 0.29) is 0 Å². The third kappa shape index (κ3) is 5.69. The first kappa shape index (κ1) is 20.1. The van der Waals surface area contributed by atoms with Gasteiger partial charge in [-0.05, 0) is 31.2 Å². The van der Waals surface area contributed by atoms with Gasteiger partial charge < -0.3 is 15.1 Å².